The number of carboxylic acid groups (broad SMARTS) is 1. The van der Waals surface area contributed by atoms with Gasteiger partial charge in [0, 0.05) is 17.6 Å². The summed E-state index contributed by atoms with van der Waals surface area (Å²) in [4.78, 5) is 25.7. The Morgan fingerprint density at radius 3 is 2.75 bits per heavy atom. The quantitative estimate of drug-likeness (QED) is 0.926. The molecule has 0 spiro atoms. The van der Waals surface area contributed by atoms with Crippen LogP contribution in [-0.2, 0) is 4.79 Å². The van der Waals surface area contributed by atoms with Gasteiger partial charge < -0.3 is 10.0 Å². The van der Waals surface area contributed by atoms with Gasteiger partial charge in [0.05, 0.1) is 29.1 Å². The lowest BCUT2D eigenvalue weighted by atomic mass is 10.0. The van der Waals surface area contributed by atoms with Gasteiger partial charge in [-0.2, -0.15) is 5.10 Å². The summed E-state index contributed by atoms with van der Waals surface area (Å²) < 4.78 is 1.66. The van der Waals surface area contributed by atoms with Crippen molar-refractivity contribution < 1.29 is 14.7 Å². The molecule has 1 aliphatic rings. The van der Waals surface area contributed by atoms with Crippen LogP contribution in [0.4, 0.5) is 0 Å². The highest BCUT2D eigenvalue weighted by Crippen LogP contribution is 2.27. The normalized spacial score (nSPS) is 20.4. The number of halogens is 1. The minimum atomic E-state index is -0.857. The highest BCUT2D eigenvalue weighted by Gasteiger charge is 2.39. The second kappa shape index (κ2) is 6.28. The van der Waals surface area contributed by atoms with Crippen molar-refractivity contribution in [3.8, 4) is 5.69 Å². The Labute approximate surface area is 144 Å². The van der Waals surface area contributed by atoms with Crippen molar-refractivity contribution in [1.29, 1.82) is 0 Å². The average molecular weight is 348 g/mol. The second-order valence-electron chi connectivity index (χ2n) is 6.01. The molecule has 0 aliphatic carbocycles. The zero-order valence-electron chi connectivity index (χ0n) is 13.4. The van der Waals surface area contributed by atoms with E-state index in [0.717, 1.165) is 5.69 Å². The molecular formula is C17H18ClN3O3. The lowest BCUT2D eigenvalue weighted by molar-refractivity contribution is -0.142. The lowest BCUT2D eigenvalue weighted by Gasteiger charge is -2.23. The fraction of sp³-hybridized carbons (Fsp3) is 0.353. The Hall–Kier alpha value is -2.34. The molecule has 0 radical (unpaired) electrons. The smallest absolute Gasteiger partial charge is 0.308 e. The van der Waals surface area contributed by atoms with Crippen molar-refractivity contribution >= 4 is 23.5 Å². The highest BCUT2D eigenvalue weighted by atomic mass is 35.5. The number of carbonyl (C=O) groups excluding carboxylic acids is 1. The third-order valence-corrected chi connectivity index (χ3v) is 4.86. The third kappa shape index (κ3) is 2.78. The third-order valence-electron chi connectivity index (χ3n) is 4.63. The van der Waals surface area contributed by atoms with E-state index in [2.05, 4.69) is 5.10 Å². The van der Waals surface area contributed by atoms with Crippen LogP contribution in [0.1, 0.15) is 29.4 Å². The fourth-order valence-electron chi connectivity index (χ4n) is 3.20. The number of aliphatic carboxylic acids is 1. The molecule has 1 fully saturated rings. The summed E-state index contributed by atoms with van der Waals surface area (Å²) in [5.41, 5.74) is 1.96. The SMILES string of the molecule is Cc1c(C(=O)N2CCC(C(=O)O)C2C)cnn1-c1cccc(Cl)c1. The van der Waals surface area contributed by atoms with Gasteiger partial charge in [0.15, 0.2) is 0 Å². The molecule has 24 heavy (non-hydrogen) atoms. The van der Waals surface area contributed by atoms with Crippen LogP contribution >= 0.6 is 11.6 Å². The molecule has 126 valence electrons. The minimum Gasteiger partial charge on any atom is -0.481 e. The van der Waals surface area contributed by atoms with Crippen LogP contribution in [0, 0.1) is 12.8 Å². The summed E-state index contributed by atoms with van der Waals surface area (Å²) in [6.45, 7) is 4.04. The van der Waals surface area contributed by atoms with Crippen LogP contribution in [0.2, 0.25) is 5.02 Å². The van der Waals surface area contributed by atoms with Gasteiger partial charge in [-0.15, -0.1) is 0 Å². The average Bonchev–Trinajstić information content (AvgIpc) is 3.10. The zero-order chi connectivity index (χ0) is 17.4. The molecule has 1 N–H and O–H groups in total. The summed E-state index contributed by atoms with van der Waals surface area (Å²) in [6.07, 6.45) is 2.00. The van der Waals surface area contributed by atoms with E-state index in [9.17, 15) is 14.7 Å². The molecule has 1 saturated heterocycles. The van der Waals surface area contributed by atoms with Crippen LogP contribution in [0.3, 0.4) is 0 Å². The van der Waals surface area contributed by atoms with E-state index in [1.165, 1.54) is 6.20 Å². The van der Waals surface area contributed by atoms with Crippen LogP contribution in [0.25, 0.3) is 5.69 Å². The van der Waals surface area contributed by atoms with Gasteiger partial charge in [0.2, 0.25) is 0 Å². The molecule has 3 rings (SSSR count). The Morgan fingerprint density at radius 2 is 2.12 bits per heavy atom. The Kier molecular flexibility index (Phi) is 4.32. The predicted molar refractivity (Wildman–Crippen MR) is 89.6 cm³/mol. The lowest BCUT2D eigenvalue weighted by Crippen LogP contribution is -2.37. The first-order valence-electron chi connectivity index (χ1n) is 7.74. The maximum Gasteiger partial charge on any atom is 0.308 e. The standard InChI is InChI=1S/C17H18ClN3O3/c1-10-14(17(23)24)6-7-20(10)16(22)15-9-19-21(11(15)2)13-5-3-4-12(18)8-13/h3-5,8-10,14H,6-7H2,1-2H3,(H,23,24). The first-order chi connectivity index (χ1) is 11.4. The number of benzene rings is 1. The van der Waals surface area contributed by atoms with E-state index in [1.807, 2.05) is 19.1 Å². The summed E-state index contributed by atoms with van der Waals surface area (Å²) in [5, 5.41) is 14.1. The van der Waals surface area contributed by atoms with Crippen molar-refractivity contribution in [3.63, 3.8) is 0 Å². The van der Waals surface area contributed by atoms with E-state index in [4.69, 9.17) is 11.6 Å². The van der Waals surface area contributed by atoms with Crippen molar-refractivity contribution in [2.24, 2.45) is 5.92 Å². The molecule has 0 bridgehead atoms. The molecule has 7 heteroatoms. The summed E-state index contributed by atoms with van der Waals surface area (Å²) in [7, 11) is 0. The van der Waals surface area contributed by atoms with Gasteiger partial charge in [0.1, 0.15) is 0 Å². The number of aromatic nitrogens is 2. The van der Waals surface area contributed by atoms with Gasteiger partial charge >= 0.3 is 5.97 Å². The van der Waals surface area contributed by atoms with E-state index in [0.29, 0.717) is 29.2 Å². The summed E-state index contributed by atoms with van der Waals surface area (Å²) in [5.74, 6) is -1.56. The molecule has 1 aromatic carbocycles. The number of carboxylic acids is 1. The number of nitrogens with zero attached hydrogens (tertiary/aromatic N) is 3. The molecule has 1 amide bonds. The number of amides is 1. The molecule has 1 aliphatic heterocycles. The Bertz CT molecular complexity index is 802. The molecule has 2 heterocycles. The number of hydrogen-bond acceptors (Lipinski definition) is 3. The maximum absolute atomic E-state index is 12.8. The molecular weight excluding hydrogens is 330 g/mol. The summed E-state index contributed by atoms with van der Waals surface area (Å²) in [6, 6.07) is 6.89. The van der Waals surface area contributed by atoms with Crippen LogP contribution in [0.15, 0.2) is 30.5 Å². The molecule has 1 aromatic heterocycles. The highest BCUT2D eigenvalue weighted by molar-refractivity contribution is 6.30. The fourth-order valence-corrected chi connectivity index (χ4v) is 3.38. The molecule has 2 aromatic rings. The number of rotatable bonds is 3. The largest absolute Gasteiger partial charge is 0.481 e. The van der Waals surface area contributed by atoms with Crippen LogP contribution in [0.5, 0.6) is 0 Å². The molecule has 0 saturated carbocycles. The van der Waals surface area contributed by atoms with E-state index in [-0.39, 0.29) is 11.9 Å². The van der Waals surface area contributed by atoms with Gasteiger partial charge in [-0.25, -0.2) is 4.68 Å². The number of carbonyl (C=O) groups is 2. The second-order valence-corrected chi connectivity index (χ2v) is 6.44. The van der Waals surface area contributed by atoms with E-state index >= 15 is 0 Å². The molecule has 2 unspecified atom stereocenters. The first kappa shape index (κ1) is 16.5. The number of likely N-dealkylation sites (tertiary alicyclic amines) is 1. The van der Waals surface area contributed by atoms with Crippen LogP contribution in [-0.4, -0.2) is 44.3 Å². The minimum absolute atomic E-state index is 0.183. The van der Waals surface area contributed by atoms with Gasteiger partial charge in [-0.05, 0) is 38.5 Å². The Balaban J connectivity index is 1.89. The van der Waals surface area contributed by atoms with Crippen LogP contribution < -0.4 is 0 Å². The van der Waals surface area contributed by atoms with Gasteiger partial charge in [0.25, 0.3) is 5.91 Å². The Morgan fingerprint density at radius 1 is 1.38 bits per heavy atom. The van der Waals surface area contributed by atoms with Crippen molar-refractivity contribution in [2.75, 3.05) is 6.54 Å². The molecule has 6 nitrogen and oxygen atoms in total. The monoisotopic (exact) mass is 347 g/mol. The van der Waals surface area contributed by atoms with Crippen molar-refractivity contribution in [2.45, 2.75) is 26.3 Å². The van der Waals surface area contributed by atoms with E-state index in [1.54, 1.807) is 28.6 Å². The topological polar surface area (TPSA) is 75.4 Å². The molecule has 2 atom stereocenters. The van der Waals surface area contributed by atoms with E-state index < -0.39 is 11.9 Å². The zero-order valence-corrected chi connectivity index (χ0v) is 14.2. The van der Waals surface area contributed by atoms with Crippen molar-refractivity contribution in [3.05, 3.63) is 46.7 Å². The first-order valence-corrected chi connectivity index (χ1v) is 8.12. The van der Waals surface area contributed by atoms with Crippen molar-refractivity contribution in [1.82, 2.24) is 14.7 Å². The summed E-state index contributed by atoms with van der Waals surface area (Å²) >= 11 is 6.01. The predicted octanol–water partition coefficient (Wildman–Crippen LogP) is 2.77. The number of hydrogen-bond donors (Lipinski definition) is 1. The van der Waals surface area contributed by atoms with Gasteiger partial charge in [-0.1, -0.05) is 17.7 Å². The maximum atomic E-state index is 12.8. The van der Waals surface area contributed by atoms with Gasteiger partial charge in [-0.3, -0.25) is 9.59 Å².